The number of nitrogens with one attached hydrogen (secondary N) is 1. The second-order valence-corrected chi connectivity index (χ2v) is 5.84. The summed E-state index contributed by atoms with van der Waals surface area (Å²) in [4.78, 5) is 4.50. The molecule has 1 saturated carbocycles. The predicted molar refractivity (Wildman–Crippen MR) is 84.9 cm³/mol. The monoisotopic (exact) mass is 286 g/mol. The molecule has 1 aliphatic carbocycles. The summed E-state index contributed by atoms with van der Waals surface area (Å²) in [6.45, 7) is 1.79. The van der Waals surface area contributed by atoms with E-state index in [-0.39, 0.29) is 0 Å². The third-order valence-corrected chi connectivity index (χ3v) is 4.40. The van der Waals surface area contributed by atoms with E-state index in [4.69, 9.17) is 9.47 Å². The highest BCUT2D eigenvalue weighted by Gasteiger charge is 2.41. The summed E-state index contributed by atoms with van der Waals surface area (Å²) in [5.74, 6) is 1.80. The van der Waals surface area contributed by atoms with Crippen molar-refractivity contribution in [1.82, 2.24) is 4.98 Å². The van der Waals surface area contributed by atoms with Crippen LogP contribution in [0.2, 0.25) is 0 Å². The molecule has 2 aromatic rings. The molecule has 1 heterocycles. The topological polar surface area (TPSA) is 43.4 Å². The highest BCUT2D eigenvalue weighted by atomic mass is 16.5. The molecule has 0 saturated heterocycles. The number of rotatable bonds is 7. The minimum atomic E-state index is 0.402. The summed E-state index contributed by atoms with van der Waals surface area (Å²) in [7, 11) is 3.45. The Morgan fingerprint density at radius 3 is 2.81 bits per heavy atom. The first-order valence-electron chi connectivity index (χ1n) is 7.42. The molecule has 0 atom stereocenters. The molecule has 112 valence electrons. The molecular weight excluding hydrogens is 264 g/mol. The number of anilines is 1. The van der Waals surface area contributed by atoms with Gasteiger partial charge < -0.3 is 14.8 Å². The van der Waals surface area contributed by atoms with Gasteiger partial charge in [0.1, 0.15) is 11.6 Å². The first-order chi connectivity index (χ1) is 10.3. The highest BCUT2D eigenvalue weighted by Crippen LogP contribution is 2.48. The maximum atomic E-state index is 5.32. The lowest BCUT2D eigenvalue weighted by atomic mass is 10.0. The molecule has 1 fully saturated rings. The van der Waals surface area contributed by atoms with Crippen molar-refractivity contribution in [2.24, 2.45) is 5.41 Å². The molecule has 0 amide bonds. The third-order valence-electron chi connectivity index (χ3n) is 4.40. The SMILES string of the molecule is COCCC1(CNc2nccc3ccc(OC)cc23)CC1. The molecule has 0 spiro atoms. The Balaban J connectivity index is 1.77. The number of hydrogen-bond donors (Lipinski definition) is 1. The van der Waals surface area contributed by atoms with Gasteiger partial charge in [-0.2, -0.15) is 0 Å². The van der Waals surface area contributed by atoms with Crippen LogP contribution in [0.25, 0.3) is 10.8 Å². The van der Waals surface area contributed by atoms with Crippen molar-refractivity contribution in [2.45, 2.75) is 19.3 Å². The van der Waals surface area contributed by atoms with Gasteiger partial charge in [0.15, 0.2) is 0 Å². The van der Waals surface area contributed by atoms with Crippen LogP contribution in [0.4, 0.5) is 5.82 Å². The summed E-state index contributed by atoms with van der Waals surface area (Å²) in [5.41, 5.74) is 0.402. The predicted octanol–water partition coefficient (Wildman–Crippen LogP) is 3.47. The molecule has 1 N–H and O–H groups in total. The zero-order chi connectivity index (χ0) is 14.7. The second-order valence-electron chi connectivity index (χ2n) is 5.84. The quantitative estimate of drug-likeness (QED) is 0.846. The van der Waals surface area contributed by atoms with E-state index in [0.717, 1.165) is 36.5 Å². The fourth-order valence-corrected chi connectivity index (χ4v) is 2.70. The van der Waals surface area contributed by atoms with Crippen molar-refractivity contribution in [3.8, 4) is 5.75 Å². The van der Waals surface area contributed by atoms with E-state index in [0.29, 0.717) is 5.41 Å². The smallest absolute Gasteiger partial charge is 0.133 e. The first-order valence-corrected chi connectivity index (χ1v) is 7.42. The Kier molecular flexibility index (Phi) is 3.97. The Bertz CT molecular complexity index is 623. The summed E-state index contributed by atoms with van der Waals surface area (Å²) in [6.07, 6.45) is 5.52. The molecular formula is C17H22N2O2. The normalized spacial score (nSPS) is 15.9. The molecule has 4 nitrogen and oxygen atoms in total. The van der Waals surface area contributed by atoms with Crippen molar-refractivity contribution in [3.63, 3.8) is 0 Å². The second kappa shape index (κ2) is 5.90. The summed E-state index contributed by atoms with van der Waals surface area (Å²) < 4.78 is 10.5. The fourth-order valence-electron chi connectivity index (χ4n) is 2.70. The zero-order valence-electron chi connectivity index (χ0n) is 12.7. The van der Waals surface area contributed by atoms with Crippen LogP contribution in [0.3, 0.4) is 0 Å². The van der Waals surface area contributed by atoms with Crippen LogP contribution >= 0.6 is 0 Å². The summed E-state index contributed by atoms with van der Waals surface area (Å²) in [6, 6.07) is 8.11. The Morgan fingerprint density at radius 2 is 2.10 bits per heavy atom. The van der Waals surface area contributed by atoms with Crippen molar-refractivity contribution in [2.75, 3.05) is 32.7 Å². The van der Waals surface area contributed by atoms with E-state index in [1.54, 1.807) is 14.2 Å². The molecule has 4 heteroatoms. The molecule has 1 aliphatic rings. The van der Waals surface area contributed by atoms with Crippen molar-refractivity contribution >= 4 is 16.6 Å². The highest BCUT2D eigenvalue weighted by molar-refractivity contribution is 5.92. The third kappa shape index (κ3) is 3.10. The van der Waals surface area contributed by atoms with E-state index in [1.165, 1.54) is 18.2 Å². The summed E-state index contributed by atoms with van der Waals surface area (Å²) >= 11 is 0. The lowest BCUT2D eigenvalue weighted by Gasteiger charge is -2.17. The zero-order valence-corrected chi connectivity index (χ0v) is 12.7. The lowest BCUT2D eigenvalue weighted by molar-refractivity contribution is 0.175. The van der Waals surface area contributed by atoms with Gasteiger partial charge in [-0.05, 0) is 48.3 Å². The molecule has 21 heavy (non-hydrogen) atoms. The largest absolute Gasteiger partial charge is 0.497 e. The lowest BCUT2D eigenvalue weighted by Crippen LogP contribution is -2.18. The molecule has 0 bridgehead atoms. The number of ether oxygens (including phenoxy) is 2. The maximum Gasteiger partial charge on any atom is 0.133 e. The van der Waals surface area contributed by atoms with Crippen LogP contribution < -0.4 is 10.1 Å². The number of nitrogens with zero attached hydrogens (tertiary/aromatic N) is 1. The van der Waals surface area contributed by atoms with Crippen molar-refractivity contribution in [1.29, 1.82) is 0 Å². The summed E-state index contributed by atoms with van der Waals surface area (Å²) in [5, 5.41) is 5.81. The minimum Gasteiger partial charge on any atom is -0.497 e. The molecule has 0 radical (unpaired) electrons. The van der Waals surface area contributed by atoms with Gasteiger partial charge >= 0.3 is 0 Å². The average Bonchev–Trinajstić information content (AvgIpc) is 3.31. The van der Waals surface area contributed by atoms with Gasteiger partial charge in [0.25, 0.3) is 0 Å². The van der Waals surface area contributed by atoms with Crippen LogP contribution in [-0.4, -0.2) is 32.4 Å². The molecule has 0 unspecified atom stereocenters. The number of methoxy groups -OCH3 is 2. The number of pyridine rings is 1. The van der Waals surface area contributed by atoms with Gasteiger partial charge in [-0.15, -0.1) is 0 Å². The Morgan fingerprint density at radius 1 is 1.24 bits per heavy atom. The van der Waals surface area contributed by atoms with Gasteiger partial charge in [0, 0.05) is 31.8 Å². The minimum absolute atomic E-state index is 0.402. The number of benzene rings is 1. The maximum absolute atomic E-state index is 5.32. The van der Waals surface area contributed by atoms with E-state index in [2.05, 4.69) is 16.4 Å². The number of hydrogen-bond acceptors (Lipinski definition) is 4. The number of aromatic nitrogens is 1. The van der Waals surface area contributed by atoms with Crippen molar-refractivity contribution < 1.29 is 9.47 Å². The Labute approximate surface area is 125 Å². The van der Waals surface area contributed by atoms with Crippen molar-refractivity contribution in [3.05, 3.63) is 30.5 Å². The molecule has 1 aromatic heterocycles. The van der Waals surface area contributed by atoms with Crippen LogP contribution in [0.15, 0.2) is 30.5 Å². The van der Waals surface area contributed by atoms with Gasteiger partial charge in [-0.3, -0.25) is 0 Å². The van der Waals surface area contributed by atoms with Crippen LogP contribution in [0.5, 0.6) is 5.75 Å². The van der Waals surface area contributed by atoms with Gasteiger partial charge in [-0.1, -0.05) is 6.07 Å². The van der Waals surface area contributed by atoms with E-state index < -0.39 is 0 Å². The average molecular weight is 286 g/mol. The van der Waals surface area contributed by atoms with Crippen LogP contribution in [0.1, 0.15) is 19.3 Å². The van der Waals surface area contributed by atoms with Gasteiger partial charge in [-0.25, -0.2) is 4.98 Å². The van der Waals surface area contributed by atoms with Crippen LogP contribution in [0, 0.1) is 5.41 Å². The first kappa shape index (κ1) is 14.1. The van der Waals surface area contributed by atoms with Crippen LogP contribution in [-0.2, 0) is 4.74 Å². The standard InChI is InChI=1S/C17H22N2O2/c1-20-10-8-17(6-7-17)12-19-16-15-11-14(21-2)4-3-13(15)5-9-18-16/h3-5,9,11H,6-8,10,12H2,1-2H3,(H,18,19). The van der Waals surface area contributed by atoms with E-state index in [9.17, 15) is 0 Å². The van der Waals surface area contributed by atoms with Gasteiger partial charge in [0.05, 0.1) is 7.11 Å². The number of fused-ring (bicyclic) bond motifs is 1. The molecule has 3 rings (SSSR count). The van der Waals surface area contributed by atoms with E-state index in [1.807, 2.05) is 24.4 Å². The van der Waals surface area contributed by atoms with E-state index >= 15 is 0 Å². The Hall–Kier alpha value is -1.81. The fraction of sp³-hybridized carbons (Fsp3) is 0.471. The van der Waals surface area contributed by atoms with Gasteiger partial charge in [0.2, 0.25) is 0 Å². The molecule has 1 aromatic carbocycles. The molecule has 0 aliphatic heterocycles.